The molecule has 116 valence electrons. The second-order valence-electron chi connectivity index (χ2n) is 4.79. The summed E-state index contributed by atoms with van der Waals surface area (Å²) in [5.41, 5.74) is 0.543. The normalized spacial score (nSPS) is 23.8. The molecule has 0 aliphatic carbocycles. The Bertz CT molecular complexity index is 686. The molecular formula is C11H14ClN3O4S2. The lowest BCUT2D eigenvalue weighted by atomic mass is 10.2. The number of aryl methyl sites for hydroxylation is 1. The first-order chi connectivity index (χ1) is 9.68. The van der Waals surface area contributed by atoms with Crippen molar-refractivity contribution in [1.29, 1.82) is 0 Å². The van der Waals surface area contributed by atoms with Crippen molar-refractivity contribution < 1.29 is 18.0 Å². The number of rotatable bonds is 3. The van der Waals surface area contributed by atoms with E-state index in [1.807, 2.05) is 0 Å². The molecule has 2 amide bonds. The molecule has 7 nitrogen and oxygen atoms in total. The highest BCUT2D eigenvalue weighted by atomic mass is 35.5. The number of carbonyl (C=O) groups is 2. The average Bonchev–Trinajstić information content (AvgIpc) is 2.79. The molecular weight excluding hydrogens is 338 g/mol. The number of thiazole rings is 1. The molecule has 21 heavy (non-hydrogen) atoms. The summed E-state index contributed by atoms with van der Waals surface area (Å²) in [7, 11) is -3.21. The van der Waals surface area contributed by atoms with E-state index >= 15 is 0 Å². The molecule has 2 rings (SSSR count). The van der Waals surface area contributed by atoms with Gasteiger partial charge >= 0.3 is 6.03 Å². The summed E-state index contributed by atoms with van der Waals surface area (Å²) >= 11 is 6.97. The van der Waals surface area contributed by atoms with Crippen LogP contribution in [0.3, 0.4) is 0 Å². The Morgan fingerprint density at radius 3 is 2.52 bits per heavy atom. The summed E-state index contributed by atoms with van der Waals surface area (Å²) in [4.78, 5) is 27.7. The van der Waals surface area contributed by atoms with Gasteiger partial charge in [0.05, 0.1) is 33.5 Å². The molecule has 0 bridgehead atoms. The van der Waals surface area contributed by atoms with Gasteiger partial charge in [-0.2, -0.15) is 0 Å². The van der Waals surface area contributed by atoms with E-state index in [0.29, 0.717) is 10.6 Å². The van der Waals surface area contributed by atoms with Crippen molar-refractivity contribution in [1.82, 2.24) is 10.3 Å². The van der Waals surface area contributed by atoms with Gasteiger partial charge in [0.1, 0.15) is 0 Å². The number of anilines is 1. The van der Waals surface area contributed by atoms with Crippen molar-refractivity contribution in [2.75, 3.05) is 16.8 Å². The molecule has 0 aromatic carbocycles. The van der Waals surface area contributed by atoms with Crippen LogP contribution in [0.5, 0.6) is 0 Å². The van der Waals surface area contributed by atoms with Crippen molar-refractivity contribution in [3.8, 4) is 0 Å². The van der Waals surface area contributed by atoms with E-state index in [2.05, 4.69) is 15.6 Å². The lowest BCUT2D eigenvalue weighted by Crippen LogP contribution is -2.42. The lowest BCUT2D eigenvalue weighted by molar-refractivity contribution is 0.102. The number of aromatic nitrogens is 1. The van der Waals surface area contributed by atoms with E-state index in [9.17, 15) is 18.0 Å². The number of Topliss-reactive ketones (excluding diaryl/α,β-unsaturated/α-hetero) is 1. The van der Waals surface area contributed by atoms with Gasteiger partial charge in [0.2, 0.25) is 0 Å². The van der Waals surface area contributed by atoms with E-state index in [0.717, 1.165) is 11.3 Å². The van der Waals surface area contributed by atoms with Crippen LogP contribution in [0, 0.1) is 6.92 Å². The quantitative estimate of drug-likeness (QED) is 0.628. The fourth-order valence-corrected chi connectivity index (χ4v) is 5.42. The van der Waals surface area contributed by atoms with Crippen LogP contribution in [0.2, 0.25) is 0 Å². The number of sulfone groups is 1. The molecule has 1 aromatic heterocycles. The van der Waals surface area contributed by atoms with Crippen LogP contribution >= 0.6 is 22.9 Å². The zero-order chi connectivity index (χ0) is 15.8. The molecule has 2 heterocycles. The first kappa shape index (κ1) is 16.2. The molecule has 2 atom stereocenters. The van der Waals surface area contributed by atoms with Crippen LogP contribution in [0.4, 0.5) is 9.93 Å². The number of nitrogens with one attached hydrogen (secondary N) is 2. The van der Waals surface area contributed by atoms with E-state index in [1.54, 1.807) is 6.92 Å². The zero-order valence-corrected chi connectivity index (χ0v) is 13.7. The van der Waals surface area contributed by atoms with Gasteiger partial charge in [-0.1, -0.05) is 11.3 Å². The highest BCUT2D eigenvalue weighted by Crippen LogP contribution is 2.23. The van der Waals surface area contributed by atoms with Crippen LogP contribution in [-0.2, 0) is 9.84 Å². The Morgan fingerprint density at radius 2 is 2.05 bits per heavy atom. The third kappa shape index (κ3) is 3.92. The molecule has 1 fully saturated rings. The van der Waals surface area contributed by atoms with Crippen molar-refractivity contribution in [2.45, 2.75) is 25.3 Å². The lowest BCUT2D eigenvalue weighted by Gasteiger charge is -2.13. The zero-order valence-electron chi connectivity index (χ0n) is 11.3. The predicted octanol–water partition coefficient (Wildman–Crippen LogP) is 1.18. The Kier molecular flexibility index (Phi) is 4.54. The third-order valence-electron chi connectivity index (χ3n) is 2.94. The maximum absolute atomic E-state index is 11.8. The van der Waals surface area contributed by atoms with Gasteiger partial charge in [-0.15, -0.1) is 11.6 Å². The Balaban J connectivity index is 1.99. The highest BCUT2D eigenvalue weighted by Gasteiger charge is 2.37. The largest absolute Gasteiger partial charge is 0.333 e. The summed E-state index contributed by atoms with van der Waals surface area (Å²) in [5, 5.41) is 4.63. The van der Waals surface area contributed by atoms with Gasteiger partial charge in [0.25, 0.3) is 0 Å². The number of ketones is 1. The monoisotopic (exact) mass is 351 g/mol. The number of amides is 2. The first-order valence-electron chi connectivity index (χ1n) is 6.08. The van der Waals surface area contributed by atoms with Gasteiger partial charge in [-0.05, 0) is 6.92 Å². The summed E-state index contributed by atoms with van der Waals surface area (Å²) in [6, 6.07) is -1.23. The van der Waals surface area contributed by atoms with Crippen LogP contribution < -0.4 is 10.6 Å². The number of alkyl halides is 1. The molecule has 0 radical (unpaired) electrons. The topological polar surface area (TPSA) is 105 Å². The maximum Gasteiger partial charge on any atom is 0.321 e. The standard InChI is InChI=1S/C11H14ClN3O4S2/c1-5-9(6(2)16)20-11(13-5)15-10(17)14-8-4-21(18,19)3-7(8)12/h7-8H,3-4H2,1-2H3,(H2,13,14,15,17)/t7-,8+/m0/s1. The number of urea groups is 1. The highest BCUT2D eigenvalue weighted by molar-refractivity contribution is 7.91. The van der Waals surface area contributed by atoms with Crippen molar-refractivity contribution in [3.05, 3.63) is 10.6 Å². The average molecular weight is 352 g/mol. The van der Waals surface area contributed by atoms with Gasteiger partial charge in [-0.3, -0.25) is 10.1 Å². The van der Waals surface area contributed by atoms with Crippen LogP contribution in [-0.4, -0.2) is 48.1 Å². The number of nitrogens with zero attached hydrogens (tertiary/aromatic N) is 1. The molecule has 0 unspecified atom stereocenters. The van der Waals surface area contributed by atoms with Crippen molar-refractivity contribution >= 4 is 49.7 Å². The molecule has 2 N–H and O–H groups in total. The third-order valence-corrected chi connectivity index (χ3v) is 6.49. The van der Waals surface area contributed by atoms with Gasteiger partial charge in [0, 0.05) is 6.92 Å². The minimum Gasteiger partial charge on any atom is -0.333 e. The van der Waals surface area contributed by atoms with E-state index in [-0.39, 0.29) is 22.4 Å². The Labute approximate surface area is 131 Å². The second-order valence-corrected chi connectivity index (χ2v) is 8.50. The minimum atomic E-state index is -3.21. The summed E-state index contributed by atoms with van der Waals surface area (Å²) in [5.74, 6) is -0.449. The molecule has 10 heteroatoms. The molecule has 0 saturated carbocycles. The summed E-state index contributed by atoms with van der Waals surface area (Å²) in [6.45, 7) is 3.10. The fourth-order valence-electron chi connectivity index (χ4n) is 2.01. The summed E-state index contributed by atoms with van der Waals surface area (Å²) in [6.07, 6.45) is 0. The van der Waals surface area contributed by atoms with Gasteiger partial charge < -0.3 is 5.32 Å². The summed E-state index contributed by atoms with van der Waals surface area (Å²) < 4.78 is 22.8. The Hall–Kier alpha value is -1.19. The Morgan fingerprint density at radius 1 is 1.38 bits per heavy atom. The number of halogens is 1. The van der Waals surface area contributed by atoms with E-state index < -0.39 is 27.3 Å². The minimum absolute atomic E-state index is 0.124. The maximum atomic E-state index is 11.8. The van der Waals surface area contributed by atoms with Crippen LogP contribution in [0.15, 0.2) is 0 Å². The van der Waals surface area contributed by atoms with Crippen LogP contribution in [0.25, 0.3) is 0 Å². The van der Waals surface area contributed by atoms with Crippen molar-refractivity contribution in [2.24, 2.45) is 0 Å². The molecule has 0 spiro atoms. The number of hydrogen-bond acceptors (Lipinski definition) is 6. The predicted molar refractivity (Wildman–Crippen MR) is 81.1 cm³/mol. The van der Waals surface area contributed by atoms with Gasteiger partial charge in [0.15, 0.2) is 20.8 Å². The molecule has 1 aromatic rings. The van der Waals surface area contributed by atoms with Crippen molar-refractivity contribution in [3.63, 3.8) is 0 Å². The first-order valence-corrected chi connectivity index (χ1v) is 9.16. The second kappa shape index (κ2) is 5.90. The fraction of sp³-hybridized carbons (Fsp3) is 0.545. The number of hydrogen-bond donors (Lipinski definition) is 2. The van der Waals surface area contributed by atoms with Crippen LogP contribution in [0.1, 0.15) is 22.3 Å². The smallest absolute Gasteiger partial charge is 0.321 e. The van der Waals surface area contributed by atoms with E-state index in [1.165, 1.54) is 6.92 Å². The van der Waals surface area contributed by atoms with E-state index in [4.69, 9.17) is 11.6 Å². The molecule has 1 aliphatic rings. The van der Waals surface area contributed by atoms with Gasteiger partial charge in [-0.25, -0.2) is 18.2 Å². The SMILES string of the molecule is CC(=O)c1sc(NC(=O)N[C@@H]2CS(=O)(=O)C[C@@H]2Cl)nc1C. The molecule has 1 saturated heterocycles. The number of carbonyl (C=O) groups excluding carboxylic acids is 2. The molecule has 1 aliphatic heterocycles.